The molecule has 0 spiro atoms. The highest BCUT2D eigenvalue weighted by molar-refractivity contribution is 7.41. The van der Waals surface area contributed by atoms with Crippen LogP contribution in [-0.2, 0) is 28.1 Å². The zero-order valence-electron chi connectivity index (χ0n) is 12.7. The summed E-state index contributed by atoms with van der Waals surface area (Å²) in [7, 11) is -1.52. The number of nitrogens with zero attached hydrogens (tertiary/aromatic N) is 3. The van der Waals surface area contributed by atoms with Crippen molar-refractivity contribution in [1.82, 2.24) is 15.2 Å². The van der Waals surface area contributed by atoms with E-state index in [1.165, 1.54) is 0 Å². The van der Waals surface area contributed by atoms with Crippen LogP contribution in [0.15, 0.2) is 0 Å². The van der Waals surface area contributed by atoms with Gasteiger partial charge < -0.3 is 14.2 Å². The molecule has 3 aliphatic heterocycles. The molecular weight excluding hydrogens is 313 g/mol. The van der Waals surface area contributed by atoms with Crippen LogP contribution in [0.3, 0.4) is 0 Å². The standard InChI is InChI=1S/C12H24N3O6P/c1-7-16-8-2-13(1)19-22(20-14-3-9-17-10-4-14)21-15-5-11-18-12-6-15/h1-12H2. The highest BCUT2D eigenvalue weighted by atomic mass is 31.2. The van der Waals surface area contributed by atoms with E-state index >= 15 is 0 Å². The van der Waals surface area contributed by atoms with Crippen LogP contribution in [0.4, 0.5) is 0 Å². The molecule has 3 saturated heterocycles. The minimum Gasteiger partial charge on any atom is -0.379 e. The molecule has 3 rings (SSSR count). The van der Waals surface area contributed by atoms with Gasteiger partial charge in [-0.05, 0) is 0 Å². The van der Waals surface area contributed by atoms with E-state index in [0.29, 0.717) is 39.6 Å². The average Bonchev–Trinajstić information content (AvgIpc) is 2.57. The molecule has 3 fully saturated rings. The predicted molar refractivity (Wildman–Crippen MR) is 77.4 cm³/mol. The summed E-state index contributed by atoms with van der Waals surface area (Å²) < 4.78 is 33.7. The summed E-state index contributed by atoms with van der Waals surface area (Å²) in [5.41, 5.74) is 0. The van der Waals surface area contributed by atoms with Crippen molar-refractivity contribution < 1.29 is 28.1 Å². The molecule has 0 saturated carbocycles. The second-order valence-electron chi connectivity index (χ2n) is 5.09. The molecule has 9 nitrogen and oxygen atoms in total. The van der Waals surface area contributed by atoms with Crippen LogP contribution in [0.1, 0.15) is 0 Å². The maximum absolute atomic E-state index is 5.91. The van der Waals surface area contributed by atoms with E-state index in [1.54, 1.807) is 0 Å². The largest absolute Gasteiger partial charge is 0.387 e. The summed E-state index contributed by atoms with van der Waals surface area (Å²) in [4.78, 5) is 0. The molecule has 0 aromatic rings. The van der Waals surface area contributed by atoms with Gasteiger partial charge in [0.25, 0.3) is 0 Å². The van der Waals surface area contributed by atoms with E-state index in [0.717, 1.165) is 39.3 Å². The molecule has 0 aromatic carbocycles. The summed E-state index contributed by atoms with van der Waals surface area (Å²) in [6.07, 6.45) is 0. The Labute approximate surface area is 131 Å². The van der Waals surface area contributed by atoms with Crippen molar-refractivity contribution in [3.63, 3.8) is 0 Å². The molecule has 0 unspecified atom stereocenters. The zero-order chi connectivity index (χ0) is 15.0. The van der Waals surface area contributed by atoms with Gasteiger partial charge in [-0.2, -0.15) is 15.2 Å². The number of morpholine rings is 3. The van der Waals surface area contributed by atoms with Crippen LogP contribution in [0.2, 0.25) is 0 Å². The third kappa shape index (κ3) is 5.61. The fourth-order valence-corrected chi connectivity index (χ4v) is 3.36. The molecular formula is C12H24N3O6P. The van der Waals surface area contributed by atoms with E-state index in [9.17, 15) is 0 Å². The molecule has 0 amide bonds. The smallest absolute Gasteiger partial charge is 0.379 e. The van der Waals surface area contributed by atoms with Gasteiger partial charge in [-0.15, -0.1) is 0 Å². The average molecular weight is 337 g/mol. The molecule has 0 N–H and O–H groups in total. The summed E-state index contributed by atoms with van der Waals surface area (Å²) in [6.45, 7) is 8.31. The molecule has 0 bridgehead atoms. The highest BCUT2D eigenvalue weighted by Crippen LogP contribution is 2.43. The van der Waals surface area contributed by atoms with Crippen LogP contribution < -0.4 is 0 Å². The van der Waals surface area contributed by atoms with Crippen molar-refractivity contribution in [3.05, 3.63) is 0 Å². The fourth-order valence-electron chi connectivity index (χ4n) is 2.21. The van der Waals surface area contributed by atoms with Crippen LogP contribution in [0.5, 0.6) is 0 Å². The SMILES string of the molecule is C1CN(OP(ON2CCOCC2)ON2CCOCC2)CCO1. The Morgan fingerprint density at radius 3 is 1.05 bits per heavy atom. The van der Waals surface area contributed by atoms with Crippen molar-refractivity contribution in [3.8, 4) is 0 Å². The Hall–Kier alpha value is 0.0700. The van der Waals surface area contributed by atoms with Gasteiger partial charge in [-0.25, -0.2) is 13.9 Å². The van der Waals surface area contributed by atoms with Crippen molar-refractivity contribution in [2.75, 3.05) is 78.9 Å². The lowest BCUT2D eigenvalue weighted by Crippen LogP contribution is -2.40. The van der Waals surface area contributed by atoms with Crippen LogP contribution in [0, 0.1) is 0 Å². The van der Waals surface area contributed by atoms with E-state index in [-0.39, 0.29) is 0 Å². The molecule has 10 heteroatoms. The van der Waals surface area contributed by atoms with E-state index < -0.39 is 8.60 Å². The Morgan fingerprint density at radius 2 is 0.773 bits per heavy atom. The Bertz CT molecular complexity index is 264. The van der Waals surface area contributed by atoms with Gasteiger partial charge in [-0.1, -0.05) is 0 Å². The third-order valence-electron chi connectivity index (χ3n) is 3.46. The van der Waals surface area contributed by atoms with Crippen molar-refractivity contribution in [2.24, 2.45) is 0 Å². The van der Waals surface area contributed by atoms with Gasteiger partial charge in [0.1, 0.15) is 0 Å². The molecule has 0 aliphatic carbocycles. The molecule has 128 valence electrons. The third-order valence-corrected chi connectivity index (χ3v) is 4.55. The summed E-state index contributed by atoms with van der Waals surface area (Å²) in [6, 6.07) is 0. The summed E-state index contributed by atoms with van der Waals surface area (Å²) >= 11 is 0. The van der Waals surface area contributed by atoms with Crippen LogP contribution >= 0.6 is 8.60 Å². The van der Waals surface area contributed by atoms with Crippen molar-refractivity contribution in [2.45, 2.75) is 0 Å². The van der Waals surface area contributed by atoms with E-state index in [1.807, 2.05) is 15.2 Å². The molecule has 0 atom stereocenters. The summed E-state index contributed by atoms with van der Waals surface area (Å²) in [5.74, 6) is 0. The lowest BCUT2D eigenvalue weighted by molar-refractivity contribution is -0.202. The molecule has 3 aliphatic rings. The first-order valence-corrected chi connectivity index (χ1v) is 8.82. The number of hydrogen-bond acceptors (Lipinski definition) is 9. The van der Waals surface area contributed by atoms with Gasteiger partial charge in [-0.3, -0.25) is 0 Å². The lowest BCUT2D eigenvalue weighted by Gasteiger charge is -2.34. The number of rotatable bonds is 6. The second kappa shape index (κ2) is 9.39. The molecule has 0 radical (unpaired) electrons. The minimum absolute atomic E-state index is 0.665. The predicted octanol–water partition coefficient (Wildman–Crippen LogP) is 0.00470. The van der Waals surface area contributed by atoms with Gasteiger partial charge in [0.05, 0.1) is 39.6 Å². The Morgan fingerprint density at radius 1 is 0.500 bits per heavy atom. The zero-order valence-corrected chi connectivity index (χ0v) is 13.6. The number of hydroxylamine groups is 6. The van der Waals surface area contributed by atoms with E-state index in [4.69, 9.17) is 28.1 Å². The lowest BCUT2D eigenvalue weighted by atomic mass is 10.5. The normalized spacial score (nSPS) is 26.6. The first-order chi connectivity index (χ1) is 10.9. The highest BCUT2D eigenvalue weighted by Gasteiger charge is 2.28. The van der Waals surface area contributed by atoms with E-state index in [2.05, 4.69) is 0 Å². The Balaban J connectivity index is 1.50. The quantitative estimate of drug-likeness (QED) is 0.623. The maximum atomic E-state index is 5.91. The first kappa shape index (κ1) is 16.9. The Kier molecular flexibility index (Phi) is 7.22. The summed E-state index contributed by atoms with van der Waals surface area (Å²) in [5, 5.41) is 5.57. The van der Waals surface area contributed by atoms with Gasteiger partial charge in [0.2, 0.25) is 0 Å². The minimum atomic E-state index is -1.52. The second-order valence-corrected chi connectivity index (χ2v) is 6.03. The topological polar surface area (TPSA) is 65.1 Å². The number of hydrogen-bond donors (Lipinski definition) is 0. The molecule has 22 heavy (non-hydrogen) atoms. The fraction of sp³-hybridized carbons (Fsp3) is 1.00. The van der Waals surface area contributed by atoms with Gasteiger partial charge in [0, 0.05) is 39.3 Å². The monoisotopic (exact) mass is 337 g/mol. The maximum Gasteiger partial charge on any atom is 0.387 e. The molecule has 0 aromatic heterocycles. The van der Waals surface area contributed by atoms with Crippen LogP contribution in [-0.4, -0.2) is 94.1 Å². The first-order valence-electron chi connectivity index (χ1n) is 7.72. The van der Waals surface area contributed by atoms with Crippen molar-refractivity contribution >= 4 is 8.60 Å². The molecule has 3 heterocycles. The van der Waals surface area contributed by atoms with Gasteiger partial charge >= 0.3 is 8.60 Å². The number of ether oxygens (including phenoxy) is 3. The van der Waals surface area contributed by atoms with Crippen LogP contribution in [0.25, 0.3) is 0 Å². The van der Waals surface area contributed by atoms with Crippen molar-refractivity contribution in [1.29, 1.82) is 0 Å². The van der Waals surface area contributed by atoms with Gasteiger partial charge in [0.15, 0.2) is 0 Å².